The summed E-state index contributed by atoms with van der Waals surface area (Å²) in [6.07, 6.45) is 0. The van der Waals surface area contributed by atoms with Crippen molar-refractivity contribution in [3.05, 3.63) is 35.9 Å². The van der Waals surface area contributed by atoms with Crippen LogP contribution in [0, 0.1) is 11.8 Å². The Morgan fingerprint density at radius 1 is 1.00 bits per heavy atom. The van der Waals surface area contributed by atoms with Crippen molar-refractivity contribution in [3.63, 3.8) is 0 Å². The summed E-state index contributed by atoms with van der Waals surface area (Å²) in [4.78, 5) is 37.1. The van der Waals surface area contributed by atoms with Crippen molar-refractivity contribution in [3.8, 4) is 0 Å². The molecule has 0 saturated carbocycles. The van der Waals surface area contributed by atoms with E-state index >= 15 is 0 Å². The number of hydrogen-bond donors (Lipinski definition) is 1. The maximum Gasteiger partial charge on any atom is 0.317 e. The smallest absolute Gasteiger partial charge is 0.317 e. The Hall–Kier alpha value is -2.61. The van der Waals surface area contributed by atoms with Crippen molar-refractivity contribution in [1.29, 1.82) is 0 Å². The average molecular weight is 392 g/mol. The van der Waals surface area contributed by atoms with Gasteiger partial charge in [0.1, 0.15) is 22.6 Å². The summed E-state index contributed by atoms with van der Waals surface area (Å²) < 4.78 is 9.99. The molecule has 0 unspecified atom stereocenters. The summed E-state index contributed by atoms with van der Waals surface area (Å²) in [5.41, 5.74) is 3.62. The predicted octanol–water partition coefficient (Wildman–Crippen LogP) is 2.28. The summed E-state index contributed by atoms with van der Waals surface area (Å²) in [5.74, 6) is -4.55. The number of thiocarbonyl (C=S) groups is 1. The first-order chi connectivity index (χ1) is 12.8. The van der Waals surface area contributed by atoms with Gasteiger partial charge < -0.3 is 9.47 Å². The van der Waals surface area contributed by atoms with Crippen molar-refractivity contribution < 1.29 is 23.9 Å². The van der Waals surface area contributed by atoms with Gasteiger partial charge in [0.05, 0.1) is 18.9 Å². The van der Waals surface area contributed by atoms with Gasteiger partial charge in [-0.2, -0.15) is 5.10 Å². The van der Waals surface area contributed by atoms with Crippen LogP contribution >= 0.6 is 12.2 Å². The number of esters is 2. The van der Waals surface area contributed by atoms with Crippen molar-refractivity contribution in [2.24, 2.45) is 16.9 Å². The van der Waals surface area contributed by atoms with Gasteiger partial charge in [-0.3, -0.25) is 19.8 Å². The van der Waals surface area contributed by atoms with E-state index in [1.165, 1.54) is 13.8 Å². The van der Waals surface area contributed by atoms with Crippen LogP contribution in [-0.4, -0.2) is 41.6 Å². The zero-order valence-corrected chi connectivity index (χ0v) is 16.7. The van der Waals surface area contributed by atoms with Gasteiger partial charge in [-0.05, 0) is 27.7 Å². The van der Waals surface area contributed by atoms with Gasteiger partial charge in [-0.15, -0.1) is 0 Å². The molecule has 1 rings (SSSR count). The molecule has 0 heterocycles. The maximum atomic E-state index is 12.4. The van der Waals surface area contributed by atoms with E-state index in [1.54, 1.807) is 26.0 Å². The van der Waals surface area contributed by atoms with Crippen LogP contribution in [0.4, 0.5) is 0 Å². The number of carbonyl (C=O) groups excluding carboxylic acids is 3. The Morgan fingerprint density at radius 3 is 2.00 bits per heavy atom. The molecule has 8 heteroatoms. The first-order valence-corrected chi connectivity index (χ1v) is 8.97. The van der Waals surface area contributed by atoms with Gasteiger partial charge in [0.15, 0.2) is 0 Å². The highest BCUT2D eigenvalue weighted by Gasteiger charge is 2.41. The van der Waals surface area contributed by atoms with Gasteiger partial charge in [-0.25, -0.2) is 0 Å². The fraction of sp³-hybridized carbons (Fsp3) is 0.421. The molecule has 27 heavy (non-hydrogen) atoms. The number of nitrogens with zero attached hydrogens (tertiary/aromatic N) is 1. The highest BCUT2D eigenvalue weighted by molar-refractivity contribution is 7.80. The lowest BCUT2D eigenvalue weighted by Crippen LogP contribution is -2.41. The van der Waals surface area contributed by atoms with Crippen LogP contribution in [0.25, 0.3) is 0 Å². The summed E-state index contributed by atoms with van der Waals surface area (Å²) >= 11 is 5.26. The van der Waals surface area contributed by atoms with Crippen LogP contribution in [0.2, 0.25) is 0 Å². The summed E-state index contributed by atoms with van der Waals surface area (Å²) in [7, 11) is 0. The Kier molecular flexibility index (Phi) is 9.29. The van der Waals surface area contributed by atoms with Crippen molar-refractivity contribution in [2.75, 3.05) is 13.2 Å². The molecule has 2 atom stereocenters. The number of hydrazone groups is 1. The van der Waals surface area contributed by atoms with Gasteiger partial charge in [-0.1, -0.05) is 42.5 Å². The first kappa shape index (κ1) is 22.4. The molecule has 0 radical (unpaired) electrons. The number of rotatable bonds is 9. The largest absolute Gasteiger partial charge is 0.465 e. The quantitative estimate of drug-likeness (QED) is 0.226. The number of hydrogen-bond acceptors (Lipinski definition) is 7. The molecular weight excluding hydrogens is 368 g/mol. The zero-order valence-electron chi connectivity index (χ0n) is 15.9. The molecule has 1 aromatic carbocycles. The Labute approximate surface area is 164 Å². The minimum Gasteiger partial charge on any atom is -0.465 e. The van der Waals surface area contributed by atoms with E-state index in [0.717, 1.165) is 5.56 Å². The van der Waals surface area contributed by atoms with Crippen molar-refractivity contribution in [2.45, 2.75) is 27.7 Å². The molecule has 1 aromatic rings. The predicted molar refractivity (Wildman–Crippen MR) is 105 cm³/mol. The molecule has 0 spiro atoms. The zero-order chi connectivity index (χ0) is 20.4. The number of Topliss-reactive ketones (excluding diaryl/α,β-unsaturated/α-hetero) is 1. The third kappa shape index (κ3) is 6.56. The second-order valence-electron chi connectivity index (χ2n) is 5.63. The van der Waals surface area contributed by atoms with Gasteiger partial charge in [0, 0.05) is 5.56 Å². The molecule has 0 aliphatic heterocycles. The molecular formula is C19H24N2O5S. The monoisotopic (exact) mass is 392 g/mol. The molecule has 0 amide bonds. The van der Waals surface area contributed by atoms with Crippen LogP contribution in [0.5, 0.6) is 0 Å². The van der Waals surface area contributed by atoms with E-state index in [4.69, 9.17) is 21.7 Å². The van der Waals surface area contributed by atoms with E-state index in [1.807, 2.05) is 18.2 Å². The van der Waals surface area contributed by atoms with Gasteiger partial charge in [0.25, 0.3) is 0 Å². The Balaban J connectivity index is 3.13. The first-order valence-electron chi connectivity index (χ1n) is 8.56. The lowest BCUT2D eigenvalue weighted by Gasteiger charge is -2.22. The number of nitrogens with one attached hydrogen (secondary N) is 1. The maximum absolute atomic E-state index is 12.4. The third-order valence-corrected chi connectivity index (χ3v) is 4.00. The minimum atomic E-state index is -1.33. The summed E-state index contributed by atoms with van der Waals surface area (Å²) in [5, 5.41) is 4.11. The summed E-state index contributed by atoms with van der Waals surface area (Å²) in [6.45, 7) is 6.20. The Bertz CT molecular complexity index is 718. The van der Waals surface area contributed by atoms with Gasteiger partial charge in [0.2, 0.25) is 0 Å². The number of carbonyl (C=O) groups is 3. The van der Waals surface area contributed by atoms with Gasteiger partial charge >= 0.3 is 11.9 Å². The van der Waals surface area contributed by atoms with E-state index in [9.17, 15) is 14.4 Å². The third-order valence-electron chi connectivity index (χ3n) is 3.67. The van der Waals surface area contributed by atoms with Crippen LogP contribution in [0.3, 0.4) is 0 Å². The lowest BCUT2D eigenvalue weighted by molar-refractivity contribution is -0.160. The van der Waals surface area contributed by atoms with E-state index in [-0.39, 0.29) is 18.9 Å². The van der Waals surface area contributed by atoms with E-state index < -0.39 is 29.6 Å². The summed E-state index contributed by atoms with van der Waals surface area (Å²) in [6, 6.07) is 9.12. The van der Waals surface area contributed by atoms with Crippen LogP contribution < -0.4 is 5.43 Å². The number of ether oxygens (including phenoxy) is 2. The molecule has 7 nitrogen and oxygen atoms in total. The second-order valence-corrected chi connectivity index (χ2v) is 6.04. The molecule has 0 bridgehead atoms. The van der Waals surface area contributed by atoms with Crippen molar-refractivity contribution in [1.82, 2.24) is 5.43 Å². The van der Waals surface area contributed by atoms with Crippen LogP contribution in [-0.2, 0) is 23.9 Å². The number of ketones is 1. The second kappa shape index (κ2) is 11.2. The van der Waals surface area contributed by atoms with Crippen LogP contribution in [0.1, 0.15) is 33.3 Å². The number of benzene rings is 1. The molecule has 0 aromatic heterocycles. The fourth-order valence-electron chi connectivity index (χ4n) is 2.41. The SMILES string of the molecule is CCOC(=O)[C@H](C(C)=O)[C@H](C(=O)OCC)/C(C)=N\NC(=S)c1ccccc1. The van der Waals surface area contributed by atoms with Crippen LogP contribution in [0.15, 0.2) is 35.4 Å². The Morgan fingerprint density at radius 2 is 1.52 bits per heavy atom. The molecule has 0 fully saturated rings. The van der Waals surface area contributed by atoms with E-state index in [0.29, 0.717) is 4.99 Å². The van der Waals surface area contributed by atoms with E-state index in [2.05, 4.69) is 10.5 Å². The molecule has 0 saturated heterocycles. The normalized spacial score (nSPS) is 13.3. The molecule has 1 N–H and O–H groups in total. The highest BCUT2D eigenvalue weighted by Crippen LogP contribution is 2.20. The highest BCUT2D eigenvalue weighted by atomic mass is 32.1. The fourth-order valence-corrected chi connectivity index (χ4v) is 2.59. The lowest BCUT2D eigenvalue weighted by atomic mass is 9.85. The molecule has 146 valence electrons. The minimum absolute atomic E-state index is 0.0880. The molecule has 0 aliphatic rings. The standard InChI is InChI=1S/C19H24N2O5S/c1-5-25-18(23)15(16(13(4)22)19(24)26-6-2)12(3)20-21-17(27)14-10-8-7-9-11-14/h7-11,15-16H,5-6H2,1-4H3,(H,21,27)/b20-12-/t15-,16-/m1/s1. The molecule has 0 aliphatic carbocycles. The average Bonchev–Trinajstić information content (AvgIpc) is 2.64. The topological polar surface area (TPSA) is 94.1 Å². The van der Waals surface area contributed by atoms with Crippen molar-refractivity contribution >= 4 is 40.6 Å².